The van der Waals surface area contributed by atoms with Crippen LogP contribution in [0.3, 0.4) is 0 Å². The van der Waals surface area contributed by atoms with Gasteiger partial charge in [0.15, 0.2) is 0 Å². The van der Waals surface area contributed by atoms with E-state index in [0.29, 0.717) is 0 Å². The van der Waals surface area contributed by atoms with Crippen LogP contribution in [0.2, 0.25) is 0 Å². The van der Waals surface area contributed by atoms with Gasteiger partial charge in [-0.15, -0.1) is 0 Å². The molecule has 0 aliphatic heterocycles. The summed E-state index contributed by atoms with van der Waals surface area (Å²) < 4.78 is 1.96. The fourth-order valence-electron chi connectivity index (χ4n) is 3.26. The summed E-state index contributed by atoms with van der Waals surface area (Å²) in [5.74, 6) is 0.723. The van der Waals surface area contributed by atoms with Gasteiger partial charge >= 0.3 is 0 Å². The highest BCUT2D eigenvalue weighted by Gasteiger charge is 2.15. The molecule has 0 saturated carbocycles. The number of fused-ring (bicyclic) bond motifs is 2. The second-order valence-corrected chi connectivity index (χ2v) is 5.97. The molecule has 3 heteroatoms. The van der Waals surface area contributed by atoms with Crippen molar-refractivity contribution in [1.82, 2.24) is 9.38 Å². The Kier molecular flexibility index (Phi) is 2.74. The Bertz CT molecular complexity index is 830. The third-order valence-corrected chi connectivity index (χ3v) is 4.44. The number of benzene rings is 1. The largest absolute Gasteiger partial charge is 0.383 e. The lowest BCUT2D eigenvalue weighted by Gasteiger charge is -2.16. The van der Waals surface area contributed by atoms with Crippen molar-refractivity contribution in [3.8, 4) is 11.3 Å². The predicted octanol–water partition coefficient (Wildman–Crippen LogP) is 3.77. The monoisotopic (exact) mass is 277 g/mol. The van der Waals surface area contributed by atoms with E-state index < -0.39 is 0 Å². The molecule has 0 bridgehead atoms. The van der Waals surface area contributed by atoms with Crippen LogP contribution >= 0.6 is 0 Å². The van der Waals surface area contributed by atoms with Gasteiger partial charge in [-0.25, -0.2) is 4.98 Å². The van der Waals surface area contributed by atoms with E-state index in [1.165, 1.54) is 42.4 Å². The van der Waals surface area contributed by atoms with E-state index in [-0.39, 0.29) is 0 Å². The Hall–Kier alpha value is -2.29. The zero-order chi connectivity index (χ0) is 14.4. The summed E-state index contributed by atoms with van der Waals surface area (Å²) in [4.78, 5) is 4.73. The van der Waals surface area contributed by atoms with Gasteiger partial charge in [-0.3, -0.25) is 4.40 Å². The maximum absolute atomic E-state index is 6.30. The first-order chi connectivity index (χ1) is 10.2. The Labute approximate surface area is 124 Å². The van der Waals surface area contributed by atoms with E-state index in [4.69, 9.17) is 10.7 Å². The van der Waals surface area contributed by atoms with Crippen molar-refractivity contribution in [2.45, 2.75) is 32.6 Å². The molecule has 0 radical (unpaired) electrons. The van der Waals surface area contributed by atoms with Crippen LogP contribution < -0.4 is 5.73 Å². The molecule has 106 valence electrons. The number of aromatic nitrogens is 2. The molecule has 2 heterocycles. The maximum atomic E-state index is 6.30. The molecular formula is C18H19N3. The molecular weight excluding hydrogens is 258 g/mol. The first kappa shape index (κ1) is 12.5. The van der Waals surface area contributed by atoms with Crippen LogP contribution in [0, 0.1) is 6.92 Å². The van der Waals surface area contributed by atoms with E-state index in [2.05, 4.69) is 37.3 Å². The molecule has 0 amide bonds. The minimum absolute atomic E-state index is 0.723. The van der Waals surface area contributed by atoms with Crippen LogP contribution in [-0.4, -0.2) is 9.38 Å². The summed E-state index contributed by atoms with van der Waals surface area (Å²) in [6.45, 7) is 2.07. The minimum Gasteiger partial charge on any atom is -0.383 e. The van der Waals surface area contributed by atoms with E-state index >= 15 is 0 Å². The van der Waals surface area contributed by atoms with E-state index in [0.717, 1.165) is 22.7 Å². The van der Waals surface area contributed by atoms with Crippen LogP contribution in [0.25, 0.3) is 16.9 Å². The third-order valence-electron chi connectivity index (χ3n) is 4.44. The van der Waals surface area contributed by atoms with Gasteiger partial charge in [0.1, 0.15) is 17.2 Å². The smallest absolute Gasteiger partial charge is 0.139 e. The molecule has 3 nitrogen and oxygen atoms in total. The second-order valence-electron chi connectivity index (χ2n) is 5.97. The number of nitrogen functional groups attached to an aromatic ring is 1. The van der Waals surface area contributed by atoms with Gasteiger partial charge in [0, 0.05) is 11.8 Å². The molecule has 1 aliphatic rings. The maximum Gasteiger partial charge on any atom is 0.139 e. The Morgan fingerprint density at radius 3 is 2.71 bits per heavy atom. The van der Waals surface area contributed by atoms with E-state index in [1.54, 1.807) is 0 Å². The highest BCUT2D eigenvalue weighted by molar-refractivity contribution is 5.75. The van der Waals surface area contributed by atoms with Crippen molar-refractivity contribution in [2.24, 2.45) is 0 Å². The highest BCUT2D eigenvalue weighted by Crippen LogP contribution is 2.30. The lowest BCUT2D eigenvalue weighted by molar-refractivity contribution is 0.686. The molecule has 0 fully saturated rings. The number of imidazole rings is 1. The van der Waals surface area contributed by atoms with Crippen molar-refractivity contribution in [3.63, 3.8) is 0 Å². The first-order valence-electron chi connectivity index (χ1n) is 7.59. The molecule has 0 spiro atoms. The number of aryl methyl sites for hydroxylation is 3. The fraction of sp³-hybridized carbons (Fsp3) is 0.278. The number of nitrogens with two attached hydrogens (primary N) is 1. The SMILES string of the molecule is Cc1ccn2c(N)c(-c3ccc4c(c3)CCCC4)nc2c1. The average molecular weight is 277 g/mol. The molecule has 21 heavy (non-hydrogen) atoms. The van der Waals surface area contributed by atoms with Crippen LogP contribution in [0.5, 0.6) is 0 Å². The summed E-state index contributed by atoms with van der Waals surface area (Å²) in [5.41, 5.74) is 13.4. The summed E-state index contributed by atoms with van der Waals surface area (Å²) in [6.07, 6.45) is 6.97. The number of pyridine rings is 1. The van der Waals surface area contributed by atoms with Crippen LogP contribution in [0.4, 0.5) is 5.82 Å². The predicted molar refractivity (Wildman–Crippen MR) is 86.4 cm³/mol. The van der Waals surface area contributed by atoms with Gasteiger partial charge in [0.05, 0.1) is 0 Å². The summed E-state index contributed by atoms with van der Waals surface area (Å²) in [6, 6.07) is 10.8. The van der Waals surface area contributed by atoms with Crippen LogP contribution in [0.1, 0.15) is 29.5 Å². The molecule has 0 saturated heterocycles. The highest BCUT2D eigenvalue weighted by atomic mass is 15.1. The molecule has 1 aromatic carbocycles. The summed E-state index contributed by atoms with van der Waals surface area (Å²) in [7, 11) is 0. The van der Waals surface area contributed by atoms with Gasteiger partial charge in [0.25, 0.3) is 0 Å². The molecule has 1 aliphatic carbocycles. The van der Waals surface area contributed by atoms with Gasteiger partial charge in [0.2, 0.25) is 0 Å². The lowest BCUT2D eigenvalue weighted by atomic mass is 9.90. The van der Waals surface area contributed by atoms with E-state index in [1.807, 2.05) is 10.6 Å². The minimum atomic E-state index is 0.723. The molecule has 3 aromatic rings. The second kappa shape index (κ2) is 4.62. The molecule has 4 rings (SSSR count). The topological polar surface area (TPSA) is 43.3 Å². The van der Waals surface area contributed by atoms with Gasteiger partial charge in [-0.1, -0.05) is 12.1 Å². The Morgan fingerprint density at radius 1 is 1.05 bits per heavy atom. The molecule has 0 atom stereocenters. The number of anilines is 1. The standard InChI is InChI=1S/C18H19N3/c1-12-8-9-21-16(10-12)20-17(18(21)19)15-7-6-13-4-2-3-5-14(13)11-15/h6-11H,2-5,19H2,1H3. The normalized spacial score (nSPS) is 14.3. The van der Waals surface area contributed by atoms with Gasteiger partial charge < -0.3 is 5.73 Å². The number of nitrogens with zero attached hydrogens (tertiary/aromatic N) is 2. The molecule has 2 N–H and O–H groups in total. The Balaban J connectivity index is 1.88. The van der Waals surface area contributed by atoms with Crippen LogP contribution in [-0.2, 0) is 12.8 Å². The van der Waals surface area contributed by atoms with Gasteiger partial charge in [-0.05, 0) is 67.5 Å². The van der Waals surface area contributed by atoms with Gasteiger partial charge in [-0.2, -0.15) is 0 Å². The van der Waals surface area contributed by atoms with Crippen molar-refractivity contribution >= 4 is 11.5 Å². The summed E-state index contributed by atoms with van der Waals surface area (Å²) >= 11 is 0. The van der Waals surface area contributed by atoms with E-state index in [9.17, 15) is 0 Å². The lowest BCUT2D eigenvalue weighted by Crippen LogP contribution is -2.02. The quantitative estimate of drug-likeness (QED) is 0.735. The molecule has 2 aromatic heterocycles. The van der Waals surface area contributed by atoms with Crippen molar-refractivity contribution in [3.05, 3.63) is 53.2 Å². The number of hydrogen-bond donors (Lipinski definition) is 1. The summed E-state index contributed by atoms with van der Waals surface area (Å²) in [5, 5.41) is 0. The first-order valence-corrected chi connectivity index (χ1v) is 7.59. The average Bonchev–Trinajstić information content (AvgIpc) is 2.83. The van der Waals surface area contributed by atoms with Crippen molar-refractivity contribution in [1.29, 1.82) is 0 Å². The number of hydrogen-bond acceptors (Lipinski definition) is 2. The number of rotatable bonds is 1. The zero-order valence-electron chi connectivity index (χ0n) is 12.3. The Morgan fingerprint density at radius 2 is 1.86 bits per heavy atom. The van der Waals surface area contributed by atoms with Crippen molar-refractivity contribution < 1.29 is 0 Å². The zero-order valence-corrected chi connectivity index (χ0v) is 12.3. The van der Waals surface area contributed by atoms with Crippen molar-refractivity contribution in [2.75, 3.05) is 5.73 Å². The molecule has 0 unspecified atom stereocenters. The van der Waals surface area contributed by atoms with Crippen LogP contribution in [0.15, 0.2) is 36.5 Å². The fourth-order valence-corrected chi connectivity index (χ4v) is 3.26. The third kappa shape index (κ3) is 2.00.